The highest BCUT2D eigenvalue weighted by Gasteiger charge is 2.16. The average molecular weight is 418 g/mol. The fraction of sp³-hybridized carbons (Fsp3) is 0.231. The second-order valence-corrected chi connectivity index (χ2v) is 7.67. The molecule has 0 heterocycles. The maximum Gasteiger partial charge on any atom is 0.333 e. The Morgan fingerprint density at radius 3 is 2.39 bits per heavy atom. The normalized spacial score (nSPS) is 11.8. The van der Waals surface area contributed by atoms with Crippen molar-refractivity contribution in [2.24, 2.45) is 0 Å². The Morgan fingerprint density at radius 1 is 0.968 bits per heavy atom. The number of rotatable bonds is 8. The third-order valence-electron chi connectivity index (χ3n) is 4.95. The van der Waals surface area contributed by atoms with Gasteiger partial charge in [-0.3, -0.25) is 0 Å². The quantitative estimate of drug-likeness (QED) is 0.328. The molecule has 1 N–H and O–H groups in total. The van der Waals surface area contributed by atoms with Gasteiger partial charge in [0.25, 0.3) is 0 Å². The lowest BCUT2D eigenvalue weighted by atomic mass is 9.92. The van der Waals surface area contributed by atoms with E-state index in [1.54, 1.807) is 13.8 Å². The molecule has 0 amide bonds. The molecule has 3 rings (SSSR count). The molecule has 0 saturated carbocycles. The molecule has 0 saturated heterocycles. The number of benzene rings is 3. The van der Waals surface area contributed by atoms with Crippen molar-refractivity contribution in [3.63, 3.8) is 0 Å². The number of carbonyl (C=O) groups is 2. The molecule has 0 aliphatic rings. The van der Waals surface area contributed by atoms with Crippen LogP contribution < -0.4 is 0 Å². The van der Waals surface area contributed by atoms with Crippen LogP contribution in [0.1, 0.15) is 25.0 Å². The van der Waals surface area contributed by atoms with Gasteiger partial charge in [0.15, 0.2) is 0 Å². The molecule has 160 valence electrons. The van der Waals surface area contributed by atoms with Crippen LogP contribution in [-0.4, -0.2) is 29.8 Å². The van der Waals surface area contributed by atoms with Gasteiger partial charge in [0.05, 0.1) is 6.10 Å². The summed E-state index contributed by atoms with van der Waals surface area (Å²) in [4.78, 5) is 24.2. The van der Waals surface area contributed by atoms with Crippen LogP contribution in [0.15, 0.2) is 72.8 Å². The van der Waals surface area contributed by atoms with Gasteiger partial charge >= 0.3 is 11.9 Å². The van der Waals surface area contributed by atoms with Crippen molar-refractivity contribution in [1.29, 1.82) is 0 Å². The zero-order valence-electron chi connectivity index (χ0n) is 17.8. The number of esters is 2. The number of ether oxygens (including phenoxy) is 2. The Bertz CT molecular complexity index is 1170. The van der Waals surface area contributed by atoms with Crippen molar-refractivity contribution in [3.8, 4) is 0 Å². The summed E-state index contributed by atoms with van der Waals surface area (Å²) in [6, 6.07) is 15.8. The van der Waals surface area contributed by atoms with E-state index in [1.807, 2.05) is 42.5 Å². The molecule has 5 heteroatoms. The largest absolute Gasteiger partial charge is 0.460 e. The second-order valence-electron chi connectivity index (χ2n) is 7.67. The standard InChI is InChI=1S/C26H26O5/c1-16(2)25(28)31-15-24-21-10-6-5-8-20(21)13-23-19(9-7-11-22(23)24)12-17(3)26(29)30-14-18(4)27/h5-11,13,18,27H,1,3,12,14-15H2,2,4H3. The lowest BCUT2D eigenvalue weighted by Gasteiger charge is -2.15. The van der Waals surface area contributed by atoms with Crippen molar-refractivity contribution < 1.29 is 24.2 Å². The smallest absolute Gasteiger partial charge is 0.333 e. The van der Waals surface area contributed by atoms with E-state index in [2.05, 4.69) is 19.2 Å². The van der Waals surface area contributed by atoms with E-state index in [-0.39, 0.29) is 13.2 Å². The molecule has 5 nitrogen and oxygen atoms in total. The van der Waals surface area contributed by atoms with Gasteiger partial charge in [-0.1, -0.05) is 55.6 Å². The Labute approximate surface area is 181 Å². The fourth-order valence-corrected chi connectivity index (χ4v) is 3.42. The second kappa shape index (κ2) is 9.58. The first-order chi connectivity index (χ1) is 14.8. The van der Waals surface area contributed by atoms with Gasteiger partial charge < -0.3 is 14.6 Å². The minimum absolute atomic E-state index is 0.0732. The molecule has 0 aliphatic carbocycles. The maximum atomic E-state index is 12.2. The van der Waals surface area contributed by atoms with E-state index in [0.29, 0.717) is 17.6 Å². The van der Waals surface area contributed by atoms with Crippen LogP contribution >= 0.6 is 0 Å². The topological polar surface area (TPSA) is 72.8 Å². The first-order valence-electron chi connectivity index (χ1n) is 10.1. The molecular formula is C26H26O5. The summed E-state index contributed by atoms with van der Waals surface area (Å²) in [5.74, 6) is -0.972. The zero-order chi connectivity index (χ0) is 22.5. The van der Waals surface area contributed by atoms with Gasteiger partial charge in [0, 0.05) is 23.1 Å². The minimum Gasteiger partial charge on any atom is -0.460 e. The molecule has 31 heavy (non-hydrogen) atoms. The first-order valence-corrected chi connectivity index (χ1v) is 10.1. The molecule has 1 atom stereocenters. The van der Waals surface area contributed by atoms with Gasteiger partial charge in [-0.25, -0.2) is 9.59 Å². The third kappa shape index (κ3) is 5.19. The average Bonchev–Trinajstić information content (AvgIpc) is 2.74. The summed E-state index contributed by atoms with van der Waals surface area (Å²) in [6.07, 6.45) is -0.426. The van der Waals surface area contributed by atoms with E-state index in [0.717, 1.165) is 32.7 Å². The van der Waals surface area contributed by atoms with E-state index in [4.69, 9.17) is 9.47 Å². The van der Waals surface area contributed by atoms with Crippen molar-refractivity contribution in [3.05, 3.63) is 84.0 Å². The van der Waals surface area contributed by atoms with Crippen LogP contribution in [0, 0.1) is 0 Å². The number of carbonyl (C=O) groups excluding carboxylic acids is 2. The predicted octanol–water partition coefficient (Wildman–Crippen LogP) is 4.64. The van der Waals surface area contributed by atoms with Crippen LogP contribution in [0.25, 0.3) is 21.5 Å². The SMILES string of the molecule is C=C(C)C(=O)OCc1c2ccccc2cc2c(CC(=C)C(=O)OCC(C)O)cccc12. The summed E-state index contributed by atoms with van der Waals surface area (Å²) in [5, 5.41) is 13.2. The molecule has 3 aromatic carbocycles. The summed E-state index contributed by atoms with van der Waals surface area (Å²) >= 11 is 0. The van der Waals surface area contributed by atoms with Crippen LogP contribution in [0.3, 0.4) is 0 Å². The first kappa shape index (κ1) is 22.2. The Morgan fingerprint density at radius 2 is 1.68 bits per heavy atom. The predicted molar refractivity (Wildman–Crippen MR) is 122 cm³/mol. The van der Waals surface area contributed by atoms with Gasteiger partial charge in [-0.15, -0.1) is 0 Å². The molecule has 3 aromatic rings. The maximum absolute atomic E-state index is 12.2. The van der Waals surface area contributed by atoms with Crippen LogP contribution in [0.2, 0.25) is 0 Å². The van der Waals surface area contributed by atoms with E-state index in [1.165, 1.54) is 0 Å². The number of fused-ring (bicyclic) bond motifs is 2. The molecule has 0 spiro atoms. The lowest BCUT2D eigenvalue weighted by molar-refractivity contribution is -0.142. The number of aliphatic hydroxyl groups is 1. The minimum atomic E-state index is -0.731. The highest BCUT2D eigenvalue weighted by molar-refractivity contribution is 6.04. The van der Waals surface area contributed by atoms with E-state index >= 15 is 0 Å². The highest BCUT2D eigenvalue weighted by Crippen LogP contribution is 2.32. The van der Waals surface area contributed by atoms with Crippen LogP contribution in [-0.2, 0) is 32.1 Å². The van der Waals surface area contributed by atoms with Crippen LogP contribution in [0.5, 0.6) is 0 Å². The molecule has 0 aliphatic heterocycles. The van der Waals surface area contributed by atoms with Crippen LogP contribution in [0.4, 0.5) is 0 Å². The monoisotopic (exact) mass is 418 g/mol. The summed E-state index contributed by atoms with van der Waals surface area (Å²) < 4.78 is 10.5. The molecule has 1 unspecified atom stereocenters. The van der Waals surface area contributed by atoms with Crippen molar-refractivity contribution in [1.82, 2.24) is 0 Å². The lowest BCUT2D eigenvalue weighted by Crippen LogP contribution is -2.17. The van der Waals surface area contributed by atoms with Gasteiger partial charge in [-0.2, -0.15) is 0 Å². The fourth-order valence-electron chi connectivity index (χ4n) is 3.42. The summed E-state index contributed by atoms with van der Waals surface area (Å²) in [6.45, 7) is 10.7. The molecular weight excluding hydrogens is 392 g/mol. The Kier molecular flexibility index (Phi) is 6.88. The molecule has 0 radical (unpaired) electrons. The molecule has 0 aromatic heterocycles. The van der Waals surface area contributed by atoms with Gasteiger partial charge in [0.1, 0.15) is 13.2 Å². The van der Waals surface area contributed by atoms with Crippen molar-refractivity contribution in [2.75, 3.05) is 6.61 Å². The van der Waals surface area contributed by atoms with E-state index < -0.39 is 18.0 Å². The van der Waals surface area contributed by atoms with Gasteiger partial charge in [0.2, 0.25) is 0 Å². The molecule has 0 fully saturated rings. The van der Waals surface area contributed by atoms with Gasteiger partial charge in [-0.05, 0) is 47.0 Å². The highest BCUT2D eigenvalue weighted by atomic mass is 16.5. The Hall–Kier alpha value is -3.44. The van der Waals surface area contributed by atoms with Crippen molar-refractivity contribution in [2.45, 2.75) is 33.0 Å². The summed E-state index contributed by atoms with van der Waals surface area (Å²) in [7, 11) is 0. The third-order valence-corrected chi connectivity index (χ3v) is 4.95. The molecule has 0 bridgehead atoms. The zero-order valence-corrected chi connectivity index (χ0v) is 17.8. The van der Waals surface area contributed by atoms with Crippen molar-refractivity contribution >= 4 is 33.5 Å². The number of hydrogen-bond acceptors (Lipinski definition) is 5. The number of hydrogen-bond donors (Lipinski definition) is 1. The Balaban J connectivity index is 2.01. The summed E-state index contributed by atoms with van der Waals surface area (Å²) in [5.41, 5.74) is 2.45. The number of aliphatic hydroxyl groups excluding tert-OH is 1. The van der Waals surface area contributed by atoms with E-state index in [9.17, 15) is 14.7 Å².